The topological polar surface area (TPSA) is 97.1 Å². The monoisotopic (exact) mass is 538 g/mol. The molecule has 10 heteroatoms. The van der Waals surface area contributed by atoms with E-state index in [1.165, 1.54) is 34.9 Å². The van der Waals surface area contributed by atoms with Crippen LogP contribution in [0.2, 0.25) is 5.02 Å². The van der Waals surface area contributed by atoms with Crippen LogP contribution in [0, 0.1) is 6.92 Å². The van der Waals surface area contributed by atoms with E-state index < -0.39 is 5.91 Å². The fraction of sp³-hybridized carbons (Fsp3) is 0.231. The Balaban J connectivity index is 1.33. The molecule has 0 bridgehead atoms. The van der Waals surface area contributed by atoms with E-state index in [2.05, 4.69) is 26.7 Å². The SMILES string of the molecule is Cc1cccc(CSc2ncc(Cl)c(C(=O)Nc3sc4c(c3C(=O)NCc3ccco3)CCC4)n2)c1. The minimum atomic E-state index is -0.472. The van der Waals surface area contributed by atoms with Gasteiger partial charge in [0, 0.05) is 10.6 Å². The molecule has 36 heavy (non-hydrogen) atoms. The highest BCUT2D eigenvalue weighted by Crippen LogP contribution is 2.39. The number of fused-ring (bicyclic) bond motifs is 1. The molecule has 0 saturated carbocycles. The number of thiophene rings is 1. The van der Waals surface area contributed by atoms with Gasteiger partial charge in [-0.15, -0.1) is 11.3 Å². The number of amides is 2. The van der Waals surface area contributed by atoms with Crippen LogP contribution in [0.5, 0.6) is 0 Å². The molecule has 0 unspecified atom stereocenters. The van der Waals surface area contributed by atoms with E-state index in [0.717, 1.165) is 35.3 Å². The van der Waals surface area contributed by atoms with Gasteiger partial charge in [0.2, 0.25) is 0 Å². The number of aromatic nitrogens is 2. The molecule has 0 saturated heterocycles. The summed E-state index contributed by atoms with van der Waals surface area (Å²) in [4.78, 5) is 36.1. The number of hydrogen-bond donors (Lipinski definition) is 2. The molecule has 184 valence electrons. The van der Waals surface area contributed by atoms with Gasteiger partial charge in [-0.05, 0) is 49.4 Å². The van der Waals surface area contributed by atoms with Crippen molar-refractivity contribution in [2.24, 2.45) is 0 Å². The van der Waals surface area contributed by atoms with Crippen molar-refractivity contribution in [3.63, 3.8) is 0 Å². The van der Waals surface area contributed by atoms with Crippen molar-refractivity contribution in [3.8, 4) is 0 Å². The third-order valence-electron chi connectivity index (χ3n) is 5.77. The number of anilines is 1. The molecule has 1 aromatic carbocycles. The van der Waals surface area contributed by atoms with Crippen LogP contribution in [0.3, 0.4) is 0 Å². The minimum Gasteiger partial charge on any atom is -0.467 e. The Morgan fingerprint density at radius 2 is 2.08 bits per heavy atom. The highest BCUT2D eigenvalue weighted by molar-refractivity contribution is 7.98. The summed E-state index contributed by atoms with van der Waals surface area (Å²) in [5, 5.41) is 6.90. The normalized spacial score (nSPS) is 12.4. The lowest BCUT2D eigenvalue weighted by Crippen LogP contribution is -2.25. The first-order valence-corrected chi connectivity index (χ1v) is 13.6. The van der Waals surface area contributed by atoms with Gasteiger partial charge in [-0.2, -0.15) is 0 Å². The van der Waals surface area contributed by atoms with Crippen LogP contribution in [-0.4, -0.2) is 21.8 Å². The molecule has 0 aliphatic heterocycles. The molecule has 0 fully saturated rings. The van der Waals surface area contributed by atoms with Crippen molar-refractivity contribution in [2.75, 3.05) is 5.32 Å². The van der Waals surface area contributed by atoms with Crippen LogP contribution in [0.25, 0.3) is 0 Å². The highest BCUT2D eigenvalue weighted by atomic mass is 35.5. The fourth-order valence-corrected chi connectivity index (χ4v) is 6.31. The van der Waals surface area contributed by atoms with E-state index in [4.69, 9.17) is 16.0 Å². The van der Waals surface area contributed by atoms with Crippen LogP contribution in [0.15, 0.2) is 58.4 Å². The molecule has 1 aliphatic rings. The predicted molar refractivity (Wildman–Crippen MR) is 142 cm³/mol. The van der Waals surface area contributed by atoms with Gasteiger partial charge in [0.05, 0.1) is 29.6 Å². The van der Waals surface area contributed by atoms with E-state index in [-0.39, 0.29) is 23.2 Å². The first-order valence-electron chi connectivity index (χ1n) is 11.5. The summed E-state index contributed by atoms with van der Waals surface area (Å²) in [6.07, 6.45) is 5.69. The van der Waals surface area contributed by atoms with Gasteiger partial charge in [-0.3, -0.25) is 9.59 Å². The number of halogens is 1. The Bertz CT molecular complexity index is 1420. The smallest absolute Gasteiger partial charge is 0.276 e. The van der Waals surface area contributed by atoms with Crippen LogP contribution >= 0.6 is 34.7 Å². The first kappa shape index (κ1) is 24.5. The number of thioether (sulfide) groups is 1. The lowest BCUT2D eigenvalue weighted by molar-refractivity contribution is 0.0948. The molecule has 4 aromatic rings. The highest BCUT2D eigenvalue weighted by Gasteiger charge is 2.28. The van der Waals surface area contributed by atoms with Gasteiger partial charge in [0.15, 0.2) is 10.9 Å². The summed E-state index contributed by atoms with van der Waals surface area (Å²) in [5.74, 6) is 0.607. The largest absolute Gasteiger partial charge is 0.467 e. The Kier molecular flexibility index (Phi) is 7.41. The van der Waals surface area contributed by atoms with Gasteiger partial charge >= 0.3 is 0 Å². The van der Waals surface area contributed by atoms with E-state index >= 15 is 0 Å². The molecule has 0 atom stereocenters. The average Bonchev–Trinajstić information content (AvgIpc) is 3.60. The molecule has 3 aromatic heterocycles. The average molecular weight is 539 g/mol. The number of hydrogen-bond acceptors (Lipinski definition) is 7. The van der Waals surface area contributed by atoms with Crippen molar-refractivity contribution in [2.45, 2.75) is 43.6 Å². The predicted octanol–water partition coefficient (Wildman–Crippen LogP) is 6.06. The zero-order valence-electron chi connectivity index (χ0n) is 19.5. The lowest BCUT2D eigenvalue weighted by atomic mass is 10.1. The van der Waals surface area contributed by atoms with Crippen LogP contribution < -0.4 is 10.6 Å². The zero-order chi connectivity index (χ0) is 25.1. The van der Waals surface area contributed by atoms with Gasteiger partial charge in [-0.25, -0.2) is 9.97 Å². The number of carbonyl (C=O) groups is 2. The number of carbonyl (C=O) groups excluding carboxylic acids is 2. The van der Waals surface area contributed by atoms with Gasteiger partial charge < -0.3 is 15.1 Å². The second kappa shape index (κ2) is 10.9. The standard InChI is InChI=1S/C26H23ClN4O3S2/c1-15-5-2-6-16(11-15)14-35-26-29-13-19(27)22(30-26)24(33)31-25-21(18-8-3-9-20(18)36-25)23(32)28-12-17-7-4-10-34-17/h2,4-7,10-11,13H,3,8-9,12,14H2,1H3,(H,28,32)(H,31,33). The number of furan rings is 1. The maximum absolute atomic E-state index is 13.2. The maximum Gasteiger partial charge on any atom is 0.276 e. The number of aryl methyl sites for hydroxylation is 2. The van der Waals surface area contributed by atoms with E-state index in [0.29, 0.717) is 27.2 Å². The van der Waals surface area contributed by atoms with E-state index in [1.807, 2.05) is 25.1 Å². The van der Waals surface area contributed by atoms with Crippen molar-refractivity contribution in [3.05, 3.63) is 92.5 Å². The molecule has 0 radical (unpaired) electrons. The Hall–Kier alpha value is -3.14. The number of nitrogens with one attached hydrogen (secondary N) is 2. The van der Waals surface area contributed by atoms with Gasteiger partial charge in [0.1, 0.15) is 10.8 Å². The van der Waals surface area contributed by atoms with E-state index in [1.54, 1.807) is 18.4 Å². The second-order valence-corrected chi connectivity index (χ2v) is 10.9. The number of benzene rings is 1. The van der Waals surface area contributed by atoms with Crippen molar-refractivity contribution < 1.29 is 14.0 Å². The molecular formula is C26H23ClN4O3S2. The van der Waals surface area contributed by atoms with Crippen LogP contribution in [0.4, 0.5) is 5.00 Å². The van der Waals surface area contributed by atoms with E-state index in [9.17, 15) is 9.59 Å². The van der Waals surface area contributed by atoms with Crippen molar-refractivity contribution in [1.29, 1.82) is 0 Å². The number of rotatable bonds is 8. The minimum absolute atomic E-state index is 0.0777. The second-order valence-electron chi connectivity index (χ2n) is 8.40. The van der Waals surface area contributed by atoms with Crippen molar-refractivity contribution in [1.82, 2.24) is 15.3 Å². The third-order valence-corrected chi connectivity index (χ3v) is 8.18. The van der Waals surface area contributed by atoms with Crippen LogP contribution in [0.1, 0.15) is 54.6 Å². The number of nitrogens with zero attached hydrogens (tertiary/aromatic N) is 2. The van der Waals surface area contributed by atoms with Crippen molar-refractivity contribution >= 4 is 51.5 Å². The Morgan fingerprint density at radius 1 is 1.19 bits per heavy atom. The summed E-state index contributed by atoms with van der Waals surface area (Å²) >= 11 is 9.16. The summed E-state index contributed by atoms with van der Waals surface area (Å²) < 4.78 is 5.31. The summed E-state index contributed by atoms with van der Waals surface area (Å²) in [6, 6.07) is 11.8. The molecule has 2 amide bonds. The first-order chi connectivity index (χ1) is 17.5. The lowest BCUT2D eigenvalue weighted by Gasteiger charge is -2.10. The Labute approximate surface area is 221 Å². The van der Waals surface area contributed by atoms with Crippen LogP contribution in [-0.2, 0) is 25.1 Å². The molecule has 1 aliphatic carbocycles. The molecule has 0 spiro atoms. The molecule has 7 nitrogen and oxygen atoms in total. The molecule has 3 heterocycles. The van der Waals surface area contributed by atoms with Gasteiger partial charge in [-0.1, -0.05) is 53.2 Å². The maximum atomic E-state index is 13.2. The molecule has 2 N–H and O–H groups in total. The summed E-state index contributed by atoms with van der Waals surface area (Å²) in [7, 11) is 0. The quantitative estimate of drug-likeness (QED) is 0.209. The fourth-order valence-electron chi connectivity index (χ4n) is 4.09. The third kappa shape index (κ3) is 5.48. The zero-order valence-corrected chi connectivity index (χ0v) is 21.9. The molecular weight excluding hydrogens is 516 g/mol. The molecule has 5 rings (SSSR count). The van der Waals surface area contributed by atoms with Gasteiger partial charge in [0.25, 0.3) is 11.8 Å². The summed E-state index contributed by atoms with van der Waals surface area (Å²) in [5.41, 5.74) is 3.90. The Morgan fingerprint density at radius 3 is 2.89 bits per heavy atom. The summed E-state index contributed by atoms with van der Waals surface area (Å²) in [6.45, 7) is 2.31.